The van der Waals surface area contributed by atoms with Gasteiger partial charge in [-0.1, -0.05) is 0 Å². The van der Waals surface area contributed by atoms with Gasteiger partial charge in [-0.15, -0.1) is 5.10 Å². The average molecular weight is 249 g/mol. The van der Waals surface area contributed by atoms with Crippen LogP contribution in [-0.4, -0.2) is 22.2 Å². The molecule has 0 aliphatic heterocycles. The van der Waals surface area contributed by atoms with Crippen LogP contribution in [-0.2, 0) is 0 Å². The van der Waals surface area contributed by atoms with Crippen molar-refractivity contribution in [3.05, 3.63) is 17.0 Å². The number of nitrogens with zero attached hydrogens (tertiary/aromatic N) is 2. The van der Waals surface area contributed by atoms with Crippen LogP contribution in [0.2, 0.25) is 0 Å². The fraction of sp³-hybridized carbons (Fsp3) is 0.538. The SMILES string of the molecule is CCNC(=O)c1oc2nn(C(C)C)c(C)c2c1C. The Morgan fingerprint density at radius 3 is 2.61 bits per heavy atom. The van der Waals surface area contributed by atoms with Crippen molar-refractivity contribution in [1.82, 2.24) is 15.1 Å². The van der Waals surface area contributed by atoms with Crippen molar-refractivity contribution in [2.45, 2.75) is 40.7 Å². The highest BCUT2D eigenvalue weighted by Crippen LogP contribution is 2.29. The zero-order chi connectivity index (χ0) is 13.4. The van der Waals surface area contributed by atoms with Crippen molar-refractivity contribution in [3.8, 4) is 0 Å². The summed E-state index contributed by atoms with van der Waals surface area (Å²) in [7, 11) is 0. The fourth-order valence-electron chi connectivity index (χ4n) is 2.24. The zero-order valence-corrected chi connectivity index (χ0v) is 11.5. The van der Waals surface area contributed by atoms with Crippen LogP contribution in [0.15, 0.2) is 4.42 Å². The minimum absolute atomic E-state index is 0.177. The molecule has 2 rings (SSSR count). The fourth-order valence-corrected chi connectivity index (χ4v) is 2.24. The number of nitrogens with one attached hydrogen (secondary N) is 1. The summed E-state index contributed by atoms with van der Waals surface area (Å²) in [6.45, 7) is 10.5. The van der Waals surface area contributed by atoms with Crippen LogP contribution in [0, 0.1) is 13.8 Å². The van der Waals surface area contributed by atoms with Gasteiger partial charge in [-0.2, -0.15) is 0 Å². The molecule has 0 atom stereocenters. The van der Waals surface area contributed by atoms with E-state index in [4.69, 9.17) is 4.42 Å². The number of rotatable bonds is 3. The third-order valence-electron chi connectivity index (χ3n) is 3.06. The number of fused-ring (bicyclic) bond motifs is 1. The molecule has 98 valence electrons. The molecule has 0 aliphatic carbocycles. The highest BCUT2D eigenvalue weighted by atomic mass is 16.4. The smallest absolute Gasteiger partial charge is 0.287 e. The lowest BCUT2D eigenvalue weighted by Gasteiger charge is -2.07. The summed E-state index contributed by atoms with van der Waals surface area (Å²) in [6, 6.07) is 0.278. The Morgan fingerprint density at radius 2 is 2.11 bits per heavy atom. The topological polar surface area (TPSA) is 60.1 Å². The summed E-state index contributed by atoms with van der Waals surface area (Å²) in [4.78, 5) is 11.8. The molecule has 0 unspecified atom stereocenters. The van der Waals surface area contributed by atoms with Gasteiger partial charge >= 0.3 is 0 Å². The van der Waals surface area contributed by atoms with E-state index < -0.39 is 0 Å². The maximum Gasteiger partial charge on any atom is 0.287 e. The normalized spacial score (nSPS) is 11.4. The first-order valence-electron chi connectivity index (χ1n) is 6.23. The Balaban J connectivity index is 2.56. The number of hydrogen-bond acceptors (Lipinski definition) is 3. The summed E-state index contributed by atoms with van der Waals surface area (Å²) >= 11 is 0. The monoisotopic (exact) mass is 249 g/mol. The van der Waals surface area contributed by atoms with Gasteiger partial charge in [0.05, 0.1) is 5.39 Å². The molecule has 0 aromatic carbocycles. The summed E-state index contributed by atoms with van der Waals surface area (Å²) in [5.41, 5.74) is 2.44. The Morgan fingerprint density at radius 1 is 1.44 bits per heavy atom. The van der Waals surface area contributed by atoms with Crippen LogP contribution in [0.1, 0.15) is 48.6 Å². The van der Waals surface area contributed by atoms with E-state index in [2.05, 4.69) is 24.3 Å². The van der Waals surface area contributed by atoms with Crippen LogP contribution in [0.5, 0.6) is 0 Å². The van der Waals surface area contributed by atoms with E-state index in [9.17, 15) is 4.79 Å². The largest absolute Gasteiger partial charge is 0.431 e. The second-order valence-electron chi connectivity index (χ2n) is 4.72. The molecular formula is C13H19N3O2. The lowest BCUT2D eigenvalue weighted by atomic mass is 10.1. The summed E-state index contributed by atoms with van der Waals surface area (Å²) < 4.78 is 7.50. The number of carbonyl (C=O) groups excluding carboxylic acids is 1. The van der Waals surface area contributed by atoms with Crippen molar-refractivity contribution < 1.29 is 9.21 Å². The molecular weight excluding hydrogens is 230 g/mol. The van der Waals surface area contributed by atoms with Gasteiger partial charge in [0, 0.05) is 23.8 Å². The van der Waals surface area contributed by atoms with E-state index in [1.54, 1.807) is 0 Å². The molecule has 5 heteroatoms. The van der Waals surface area contributed by atoms with Crippen LogP contribution < -0.4 is 5.32 Å². The standard InChI is InChI=1S/C13H19N3O2/c1-6-14-12(17)11-8(4)10-9(5)16(7(2)3)15-13(10)18-11/h7H,6H2,1-5H3,(H,14,17). The molecule has 0 fully saturated rings. The molecule has 0 aliphatic rings. The number of hydrogen-bond donors (Lipinski definition) is 1. The van der Waals surface area contributed by atoms with Crippen LogP contribution in [0.3, 0.4) is 0 Å². The van der Waals surface area contributed by atoms with Crippen LogP contribution in [0.4, 0.5) is 0 Å². The number of carbonyl (C=O) groups is 1. The Labute approximate surface area is 106 Å². The summed E-state index contributed by atoms with van der Waals surface area (Å²) in [5, 5.41) is 8.10. The van der Waals surface area contributed by atoms with E-state index in [-0.39, 0.29) is 11.9 Å². The van der Waals surface area contributed by atoms with E-state index in [1.165, 1.54) is 0 Å². The molecule has 2 heterocycles. The molecule has 0 saturated heterocycles. The van der Waals surface area contributed by atoms with Gasteiger partial charge in [0.1, 0.15) is 0 Å². The lowest BCUT2D eigenvalue weighted by molar-refractivity contribution is 0.0929. The van der Waals surface area contributed by atoms with E-state index in [0.717, 1.165) is 16.6 Å². The summed E-state index contributed by atoms with van der Waals surface area (Å²) in [5.74, 6) is 0.192. The van der Waals surface area contributed by atoms with Crippen molar-refractivity contribution in [2.75, 3.05) is 6.54 Å². The van der Waals surface area contributed by atoms with Crippen molar-refractivity contribution >= 4 is 17.0 Å². The van der Waals surface area contributed by atoms with Crippen LogP contribution >= 0.6 is 0 Å². The van der Waals surface area contributed by atoms with E-state index >= 15 is 0 Å². The molecule has 5 nitrogen and oxygen atoms in total. The number of amides is 1. The molecule has 0 spiro atoms. The Hall–Kier alpha value is -1.78. The molecule has 1 N–H and O–H groups in total. The van der Waals surface area contributed by atoms with Gasteiger partial charge in [0.25, 0.3) is 5.91 Å². The molecule has 1 amide bonds. The maximum absolute atomic E-state index is 11.8. The molecule has 0 bridgehead atoms. The first kappa shape index (κ1) is 12.7. The predicted octanol–water partition coefficient (Wildman–Crippen LogP) is 2.58. The zero-order valence-electron chi connectivity index (χ0n) is 11.5. The van der Waals surface area contributed by atoms with Gasteiger partial charge in [0.2, 0.25) is 5.71 Å². The average Bonchev–Trinajstić information content (AvgIpc) is 2.78. The van der Waals surface area contributed by atoms with Gasteiger partial charge in [-0.25, -0.2) is 0 Å². The maximum atomic E-state index is 11.8. The molecule has 0 radical (unpaired) electrons. The Bertz CT molecular complexity index is 593. The van der Waals surface area contributed by atoms with Crippen molar-refractivity contribution in [1.29, 1.82) is 0 Å². The lowest BCUT2D eigenvalue weighted by Crippen LogP contribution is -2.22. The molecule has 0 saturated carbocycles. The van der Waals surface area contributed by atoms with Gasteiger partial charge in [-0.05, 0) is 34.6 Å². The third-order valence-corrected chi connectivity index (χ3v) is 3.06. The van der Waals surface area contributed by atoms with Gasteiger partial charge in [0.15, 0.2) is 5.76 Å². The number of aromatic nitrogens is 2. The van der Waals surface area contributed by atoms with Gasteiger partial charge in [-0.3, -0.25) is 9.48 Å². The quantitative estimate of drug-likeness (QED) is 0.909. The first-order valence-corrected chi connectivity index (χ1v) is 6.23. The van der Waals surface area contributed by atoms with E-state index in [0.29, 0.717) is 18.0 Å². The first-order chi connectivity index (χ1) is 8.47. The highest BCUT2D eigenvalue weighted by molar-refractivity contribution is 5.98. The third kappa shape index (κ3) is 1.79. The molecule has 2 aromatic heterocycles. The summed E-state index contributed by atoms with van der Waals surface area (Å²) in [6.07, 6.45) is 0. The minimum atomic E-state index is -0.177. The second kappa shape index (κ2) is 4.48. The highest BCUT2D eigenvalue weighted by Gasteiger charge is 2.22. The molecule has 2 aromatic rings. The number of furan rings is 1. The Kier molecular flexibility index (Phi) is 3.15. The van der Waals surface area contributed by atoms with Crippen molar-refractivity contribution in [2.24, 2.45) is 0 Å². The number of aryl methyl sites for hydroxylation is 2. The van der Waals surface area contributed by atoms with E-state index in [1.807, 2.05) is 25.5 Å². The minimum Gasteiger partial charge on any atom is -0.431 e. The molecule has 18 heavy (non-hydrogen) atoms. The van der Waals surface area contributed by atoms with Gasteiger partial charge < -0.3 is 9.73 Å². The second-order valence-corrected chi connectivity index (χ2v) is 4.72. The predicted molar refractivity (Wildman–Crippen MR) is 69.9 cm³/mol. The van der Waals surface area contributed by atoms with Crippen molar-refractivity contribution in [3.63, 3.8) is 0 Å². The van der Waals surface area contributed by atoms with Crippen LogP contribution in [0.25, 0.3) is 11.1 Å².